The van der Waals surface area contributed by atoms with Crippen LogP contribution in [0.5, 0.6) is 0 Å². The number of carbonyl (C=O) groups excluding carboxylic acids is 1. The van der Waals surface area contributed by atoms with Crippen molar-refractivity contribution in [3.05, 3.63) is 0 Å². The second kappa shape index (κ2) is 13.5. The van der Waals surface area contributed by atoms with Gasteiger partial charge in [-0.25, -0.2) is 4.79 Å². The van der Waals surface area contributed by atoms with E-state index in [4.69, 9.17) is 23.7 Å². The number of rotatable bonds is 8. The van der Waals surface area contributed by atoms with Crippen molar-refractivity contribution >= 4 is 11.9 Å². The first-order valence-corrected chi connectivity index (χ1v) is 20.9. The molecule has 0 spiro atoms. The highest BCUT2D eigenvalue weighted by Gasteiger charge is 2.82. The normalized spacial score (nSPS) is 57.7. The van der Waals surface area contributed by atoms with E-state index in [9.17, 15) is 50.4 Å². The molecule has 2 bridgehead atoms. The number of fused-ring (bicyclic) bond motifs is 5. The Hall–Kier alpha value is -1.50. The summed E-state index contributed by atoms with van der Waals surface area (Å²) < 4.78 is 29.9. The number of esters is 1. The predicted molar refractivity (Wildman–Crippen MR) is 193 cm³/mol. The summed E-state index contributed by atoms with van der Waals surface area (Å²) in [5, 5.41) is 85.2. The summed E-state index contributed by atoms with van der Waals surface area (Å²) in [4.78, 5) is 26.7. The molecule has 15 nitrogen and oxygen atoms in total. The smallest absolute Gasteiger partial charge is 0.348 e. The van der Waals surface area contributed by atoms with E-state index in [0.29, 0.717) is 31.6 Å². The fourth-order valence-electron chi connectivity index (χ4n) is 15.2. The van der Waals surface area contributed by atoms with Gasteiger partial charge in [0.25, 0.3) is 0 Å². The third kappa shape index (κ3) is 5.21. The predicted octanol–water partition coefficient (Wildman–Crippen LogP) is 1.23. The Kier molecular flexibility index (Phi) is 9.95. The Bertz CT molecular complexity index is 1560. The molecule has 56 heavy (non-hydrogen) atoms. The van der Waals surface area contributed by atoms with Gasteiger partial charge in [0.1, 0.15) is 48.1 Å². The number of hydrogen-bond donors (Lipinski definition) is 8. The molecule has 3 saturated heterocycles. The Morgan fingerprint density at radius 3 is 1.98 bits per heavy atom. The van der Waals surface area contributed by atoms with E-state index >= 15 is 0 Å². The molecule has 3 aliphatic heterocycles. The minimum Gasteiger partial charge on any atom is -0.478 e. The van der Waals surface area contributed by atoms with Crippen molar-refractivity contribution < 1.29 is 74.1 Å². The number of carboxylic acids is 1. The van der Waals surface area contributed by atoms with Crippen LogP contribution >= 0.6 is 0 Å². The lowest BCUT2D eigenvalue weighted by Crippen LogP contribution is -2.75. The van der Waals surface area contributed by atoms with Crippen LogP contribution in [0.15, 0.2) is 0 Å². The molecule has 20 unspecified atom stereocenters. The number of carbonyl (C=O) groups is 2. The molecule has 3 heterocycles. The molecule has 5 aliphatic carbocycles. The van der Waals surface area contributed by atoms with Gasteiger partial charge in [-0.15, -0.1) is 0 Å². The van der Waals surface area contributed by atoms with E-state index in [1.807, 2.05) is 0 Å². The quantitative estimate of drug-likeness (QED) is 0.161. The van der Waals surface area contributed by atoms with Crippen molar-refractivity contribution in [3.63, 3.8) is 0 Å². The highest BCUT2D eigenvalue weighted by atomic mass is 16.8. The molecule has 8 fully saturated rings. The van der Waals surface area contributed by atoms with Gasteiger partial charge in [-0.1, -0.05) is 34.1 Å². The highest BCUT2D eigenvalue weighted by Crippen LogP contribution is 2.80. The monoisotopic (exact) mass is 796 g/mol. The van der Waals surface area contributed by atoms with E-state index in [2.05, 4.69) is 27.7 Å². The molecule has 0 aromatic heterocycles. The standard InChI is InChI=1S/C41H64O15/c1-35(19-52-32-30(28(46)26(44)20(17-42)54-32)55-31-29(47)27(45)21(18-43)53-31)11-6-12-36(2)22(35)9-13-37(3)23(36)7-8-24-38(37,4)15-16-41(51)25-10-14-40(24,41)34(50)56-39(25,5)33(48)49/h20-32,42-47,51H,6-19H2,1-5H3,(H,48,49). The number of aliphatic hydroxyl groups excluding tert-OH is 6. The van der Waals surface area contributed by atoms with E-state index < -0.39 is 103 Å². The Morgan fingerprint density at radius 2 is 1.32 bits per heavy atom. The maximum absolute atomic E-state index is 14.3. The topological polar surface area (TPSA) is 242 Å². The van der Waals surface area contributed by atoms with Crippen LogP contribution in [0.25, 0.3) is 0 Å². The van der Waals surface area contributed by atoms with E-state index in [1.165, 1.54) is 6.92 Å². The molecular formula is C41H64O15. The summed E-state index contributed by atoms with van der Waals surface area (Å²) >= 11 is 0. The molecule has 8 rings (SSSR count). The largest absolute Gasteiger partial charge is 0.478 e. The van der Waals surface area contributed by atoms with Crippen molar-refractivity contribution in [1.82, 2.24) is 0 Å². The third-order valence-electron chi connectivity index (χ3n) is 18.2. The van der Waals surface area contributed by atoms with Crippen LogP contribution in [0.4, 0.5) is 0 Å². The van der Waals surface area contributed by atoms with Gasteiger partial charge in [0.05, 0.1) is 25.4 Å². The van der Waals surface area contributed by atoms with Crippen molar-refractivity contribution in [3.8, 4) is 0 Å². The molecular weight excluding hydrogens is 732 g/mol. The molecule has 0 radical (unpaired) electrons. The van der Waals surface area contributed by atoms with Gasteiger partial charge in [-0.2, -0.15) is 0 Å². The van der Waals surface area contributed by atoms with Crippen LogP contribution in [-0.4, -0.2) is 139 Å². The van der Waals surface area contributed by atoms with Gasteiger partial charge in [-0.3, -0.25) is 4.79 Å². The molecule has 15 heteroatoms. The first-order chi connectivity index (χ1) is 26.2. The van der Waals surface area contributed by atoms with Crippen LogP contribution in [-0.2, 0) is 33.3 Å². The third-order valence-corrected chi connectivity index (χ3v) is 18.2. The van der Waals surface area contributed by atoms with Crippen LogP contribution in [0.1, 0.15) is 105 Å². The maximum Gasteiger partial charge on any atom is 0.348 e. The summed E-state index contributed by atoms with van der Waals surface area (Å²) in [5.74, 6) is -2.06. The van der Waals surface area contributed by atoms with Crippen molar-refractivity contribution in [2.24, 2.45) is 50.7 Å². The minimum absolute atomic E-state index is 0.111. The zero-order valence-electron chi connectivity index (χ0n) is 33.3. The molecule has 5 saturated carbocycles. The van der Waals surface area contributed by atoms with Gasteiger partial charge in [0.15, 0.2) is 12.6 Å². The molecule has 20 atom stereocenters. The summed E-state index contributed by atoms with van der Waals surface area (Å²) in [6.45, 7) is 9.84. The lowest BCUT2D eigenvalue weighted by molar-refractivity contribution is -0.344. The summed E-state index contributed by atoms with van der Waals surface area (Å²) in [6.07, 6.45) is -4.35. The zero-order chi connectivity index (χ0) is 40.6. The fraction of sp³-hybridized carbons (Fsp3) is 0.951. The van der Waals surface area contributed by atoms with Gasteiger partial charge in [-0.05, 0) is 111 Å². The van der Waals surface area contributed by atoms with Crippen LogP contribution in [0.3, 0.4) is 0 Å². The van der Waals surface area contributed by atoms with Gasteiger partial charge in [0, 0.05) is 5.92 Å². The van der Waals surface area contributed by atoms with Crippen molar-refractivity contribution in [1.29, 1.82) is 0 Å². The van der Waals surface area contributed by atoms with Gasteiger partial charge < -0.3 is 64.5 Å². The second-order valence-corrected chi connectivity index (χ2v) is 20.2. The molecule has 318 valence electrons. The molecule has 8 aliphatic rings. The van der Waals surface area contributed by atoms with E-state index in [-0.39, 0.29) is 40.1 Å². The Morgan fingerprint density at radius 1 is 0.714 bits per heavy atom. The molecule has 0 aromatic carbocycles. The summed E-state index contributed by atoms with van der Waals surface area (Å²) in [5.41, 5.74) is -5.28. The SMILES string of the molecule is CC1(COC2OC(CO)C(O)C(O)C2OC2OC(CO)C(O)C2O)CCCC2(C)C1CCC1(C)C2CCC2C1(C)CCC1(O)C3CCC21C(=O)OC3(C)C(=O)O. The van der Waals surface area contributed by atoms with Crippen molar-refractivity contribution in [2.45, 2.75) is 172 Å². The zero-order valence-corrected chi connectivity index (χ0v) is 33.3. The fourth-order valence-corrected chi connectivity index (χ4v) is 15.2. The van der Waals surface area contributed by atoms with E-state index in [1.54, 1.807) is 0 Å². The van der Waals surface area contributed by atoms with Crippen molar-refractivity contribution in [2.75, 3.05) is 19.8 Å². The van der Waals surface area contributed by atoms with Crippen LogP contribution < -0.4 is 0 Å². The number of hydrogen-bond acceptors (Lipinski definition) is 14. The summed E-state index contributed by atoms with van der Waals surface area (Å²) in [7, 11) is 0. The highest BCUT2D eigenvalue weighted by molar-refractivity contribution is 5.89. The lowest BCUT2D eigenvalue weighted by atomic mass is 9.31. The van der Waals surface area contributed by atoms with Gasteiger partial charge >= 0.3 is 11.9 Å². The number of aliphatic carboxylic acids is 1. The molecule has 8 N–H and O–H groups in total. The second-order valence-electron chi connectivity index (χ2n) is 20.2. The number of ether oxygens (including phenoxy) is 5. The average Bonchev–Trinajstić information content (AvgIpc) is 3.57. The van der Waals surface area contributed by atoms with Crippen LogP contribution in [0.2, 0.25) is 0 Å². The van der Waals surface area contributed by atoms with E-state index in [0.717, 1.165) is 44.9 Å². The maximum atomic E-state index is 14.3. The lowest BCUT2D eigenvalue weighted by Gasteiger charge is -2.74. The number of carboxylic acid groups (broad SMARTS) is 1. The molecule has 0 aromatic rings. The first kappa shape index (κ1) is 41.2. The summed E-state index contributed by atoms with van der Waals surface area (Å²) in [6, 6.07) is 0. The number of cyclic esters (lactones) is 1. The minimum atomic E-state index is -1.76. The first-order valence-electron chi connectivity index (χ1n) is 20.9. The number of aliphatic hydroxyl groups is 7. The van der Waals surface area contributed by atoms with Crippen LogP contribution in [0, 0.1) is 50.7 Å². The Balaban J connectivity index is 1.04. The van der Waals surface area contributed by atoms with Gasteiger partial charge in [0.2, 0.25) is 5.60 Å². The molecule has 0 amide bonds. The average molecular weight is 797 g/mol. The Labute approximate surface area is 328 Å².